The number of ether oxygens (including phenoxy) is 1. The number of nitro groups is 1. The van der Waals surface area contributed by atoms with E-state index in [4.69, 9.17) is 9.84 Å². The lowest BCUT2D eigenvalue weighted by atomic mass is 10.1. The number of piperidine rings is 1. The molecule has 8 heteroatoms. The molecular formula is C13H17N3O5. The molecule has 0 aromatic carbocycles. The second kappa shape index (κ2) is 6.49. The van der Waals surface area contributed by atoms with Crippen LogP contribution in [-0.4, -0.2) is 46.8 Å². The molecule has 114 valence electrons. The fraction of sp³-hybridized carbons (Fsp3) is 0.538. The molecule has 1 N–H and O–H groups in total. The first-order chi connectivity index (χ1) is 9.97. The summed E-state index contributed by atoms with van der Waals surface area (Å²) in [6.07, 6.45) is 2.77. The second-order valence-corrected chi connectivity index (χ2v) is 4.98. The van der Waals surface area contributed by atoms with Crippen molar-refractivity contribution in [2.45, 2.75) is 25.9 Å². The molecule has 0 spiro atoms. The molecule has 0 unspecified atom stereocenters. The number of carbonyl (C=O) groups is 1. The maximum atomic E-state index is 10.9. The molecule has 8 nitrogen and oxygen atoms in total. The smallest absolute Gasteiger partial charge is 0.329 e. The first-order valence-corrected chi connectivity index (χ1v) is 6.66. The number of aromatic nitrogens is 1. The van der Waals surface area contributed by atoms with E-state index < -0.39 is 10.9 Å². The average Bonchev–Trinajstić information content (AvgIpc) is 2.46. The number of rotatable bonds is 5. The summed E-state index contributed by atoms with van der Waals surface area (Å²) in [6.45, 7) is 2.63. The van der Waals surface area contributed by atoms with Gasteiger partial charge in [-0.25, -0.2) is 9.78 Å². The van der Waals surface area contributed by atoms with Crippen LogP contribution in [-0.2, 0) is 9.53 Å². The largest absolute Gasteiger partial charge is 0.480 e. The minimum absolute atomic E-state index is 0.0595. The van der Waals surface area contributed by atoms with E-state index in [1.54, 1.807) is 6.92 Å². The number of nitrogens with zero attached hydrogens (tertiary/aromatic N) is 3. The van der Waals surface area contributed by atoms with Gasteiger partial charge in [0.2, 0.25) is 0 Å². The topological polar surface area (TPSA) is 106 Å². The predicted octanol–water partition coefficient (Wildman–Crippen LogP) is 1.37. The van der Waals surface area contributed by atoms with Gasteiger partial charge in [0.05, 0.1) is 17.1 Å². The highest BCUT2D eigenvalue weighted by Gasteiger charge is 2.23. The molecule has 0 bridgehead atoms. The van der Waals surface area contributed by atoms with E-state index in [0.29, 0.717) is 37.3 Å². The van der Waals surface area contributed by atoms with Gasteiger partial charge in [-0.15, -0.1) is 0 Å². The SMILES string of the molecule is Cc1cnc(N2CCC(OCC(=O)O)CC2)cc1[N+](=O)[O-]. The number of hydrogen-bond donors (Lipinski definition) is 1. The summed E-state index contributed by atoms with van der Waals surface area (Å²) in [5, 5.41) is 19.5. The highest BCUT2D eigenvalue weighted by Crippen LogP contribution is 2.25. The van der Waals surface area contributed by atoms with Crippen molar-refractivity contribution in [2.75, 3.05) is 24.6 Å². The van der Waals surface area contributed by atoms with Gasteiger partial charge in [-0.3, -0.25) is 10.1 Å². The fourth-order valence-corrected chi connectivity index (χ4v) is 2.31. The summed E-state index contributed by atoms with van der Waals surface area (Å²) in [5.74, 6) is -0.405. The normalized spacial score (nSPS) is 16.0. The zero-order chi connectivity index (χ0) is 15.4. The molecule has 0 radical (unpaired) electrons. The fourth-order valence-electron chi connectivity index (χ4n) is 2.31. The second-order valence-electron chi connectivity index (χ2n) is 4.98. The van der Waals surface area contributed by atoms with Gasteiger partial charge >= 0.3 is 5.97 Å². The van der Waals surface area contributed by atoms with Crippen molar-refractivity contribution < 1.29 is 19.6 Å². The van der Waals surface area contributed by atoms with Crippen LogP contribution in [0, 0.1) is 17.0 Å². The number of carboxylic acids is 1. The molecule has 1 saturated heterocycles. The molecule has 1 aliphatic rings. The molecular weight excluding hydrogens is 278 g/mol. The molecule has 1 aromatic heterocycles. The molecule has 2 rings (SSSR count). The van der Waals surface area contributed by atoms with Crippen molar-refractivity contribution in [1.29, 1.82) is 0 Å². The minimum atomic E-state index is -0.978. The number of pyridine rings is 1. The van der Waals surface area contributed by atoms with Gasteiger partial charge in [0, 0.05) is 24.8 Å². The Labute approximate surface area is 121 Å². The Morgan fingerprint density at radius 3 is 2.81 bits per heavy atom. The van der Waals surface area contributed by atoms with Crippen LogP contribution in [0.2, 0.25) is 0 Å². The Balaban J connectivity index is 1.97. The predicted molar refractivity (Wildman–Crippen MR) is 74.5 cm³/mol. The molecule has 1 aromatic rings. The van der Waals surface area contributed by atoms with Crippen LogP contribution < -0.4 is 4.90 Å². The van der Waals surface area contributed by atoms with E-state index in [-0.39, 0.29) is 18.4 Å². The van der Waals surface area contributed by atoms with Gasteiger partial charge in [0.25, 0.3) is 5.69 Å². The van der Waals surface area contributed by atoms with Crippen LogP contribution in [0.1, 0.15) is 18.4 Å². The van der Waals surface area contributed by atoms with Crippen molar-refractivity contribution in [2.24, 2.45) is 0 Å². The standard InChI is InChI=1S/C13H17N3O5/c1-9-7-14-12(6-11(9)16(19)20)15-4-2-10(3-5-15)21-8-13(17)18/h6-7,10H,2-5,8H2,1H3,(H,17,18). The van der Waals surface area contributed by atoms with Crippen LogP contribution in [0.15, 0.2) is 12.3 Å². The molecule has 1 fully saturated rings. The highest BCUT2D eigenvalue weighted by molar-refractivity contribution is 5.68. The molecule has 0 aliphatic carbocycles. The average molecular weight is 295 g/mol. The zero-order valence-corrected chi connectivity index (χ0v) is 11.7. The van der Waals surface area contributed by atoms with Gasteiger partial charge < -0.3 is 14.7 Å². The van der Waals surface area contributed by atoms with Crippen LogP contribution in [0.4, 0.5) is 11.5 Å². The minimum Gasteiger partial charge on any atom is -0.480 e. The molecule has 0 saturated carbocycles. The Kier molecular flexibility index (Phi) is 4.69. The van der Waals surface area contributed by atoms with Crippen molar-refractivity contribution in [3.8, 4) is 0 Å². The molecule has 1 aliphatic heterocycles. The monoisotopic (exact) mass is 295 g/mol. The van der Waals surface area contributed by atoms with Gasteiger partial charge in [0.15, 0.2) is 0 Å². The Morgan fingerprint density at radius 1 is 1.57 bits per heavy atom. The van der Waals surface area contributed by atoms with Gasteiger partial charge in [-0.05, 0) is 19.8 Å². The summed E-state index contributed by atoms with van der Waals surface area (Å²) in [7, 11) is 0. The van der Waals surface area contributed by atoms with Gasteiger partial charge in [-0.1, -0.05) is 0 Å². The number of hydrogen-bond acceptors (Lipinski definition) is 6. The molecule has 0 amide bonds. The van der Waals surface area contributed by atoms with Crippen LogP contribution in [0.25, 0.3) is 0 Å². The van der Waals surface area contributed by atoms with E-state index in [1.807, 2.05) is 4.90 Å². The number of anilines is 1. The summed E-state index contributed by atoms with van der Waals surface area (Å²) in [5.41, 5.74) is 0.590. The van der Waals surface area contributed by atoms with Crippen molar-refractivity contribution in [1.82, 2.24) is 4.98 Å². The van der Waals surface area contributed by atoms with Crippen molar-refractivity contribution >= 4 is 17.5 Å². The molecule has 2 heterocycles. The van der Waals surface area contributed by atoms with Crippen molar-refractivity contribution in [3.63, 3.8) is 0 Å². The van der Waals surface area contributed by atoms with E-state index >= 15 is 0 Å². The van der Waals surface area contributed by atoms with Crippen molar-refractivity contribution in [3.05, 3.63) is 27.9 Å². The van der Waals surface area contributed by atoms with E-state index in [1.165, 1.54) is 12.3 Å². The lowest BCUT2D eigenvalue weighted by Gasteiger charge is -2.32. The summed E-state index contributed by atoms with van der Waals surface area (Å²) < 4.78 is 5.25. The Hall–Kier alpha value is -2.22. The third-order valence-corrected chi connectivity index (χ3v) is 3.47. The Bertz CT molecular complexity index is 541. The lowest BCUT2D eigenvalue weighted by molar-refractivity contribution is -0.385. The quantitative estimate of drug-likeness (QED) is 0.645. The lowest BCUT2D eigenvalue weighted by Crippen LogP contribution is -2.38. The maximum absolute atomic E-state index is 10.9. The highest BCUT2D eigenvalue weighted by atomic mass is 16.6. The molecule has 0 atom stereocenters. The van der Waals surface area contributed by atoms with Crippen LogP contribution >= 0.6 is 0 Å². The summed E-state index contributed by atoms with van der Waals surface area (Å²) in [4.78, 5) is 27.2. The summed E-state index contributed by atoms with van der Waals surface area (Å²) in [6, 6.07) is 1.48. The van der Waals surface area contributed by atoms with Crippen LogP contribution in [0.5, 0.6) is 0 Å². The third kappa shape index (κ3) is 3.88. The first-order valence-electron chi connectivity index (χ1n) is 6.66. The third-order valence-electron chi connectivity index (χ3n) is 3.47. The first kappa shape index (κ1) is 15.2. The van der Waals surface area contributed by atoms with E-state index in [0.717, 1.165) is 0 Å². The number of carboxylic acid groups (broad SMARTS) is 1. The van der Waals surface area contributed by atoms with Gasteiger partial charge in [0.1, 0.15) is 12.4 Å². The zero-order valence-electron chi connectivity index (χ0n) is 11.7. The van der Waals surface area contributed by atoms with E-state index in [9.17, 15) is 14.9 Å². The van der Waals surface area contributed by atoms with E-state index in [2.05, 4.69) is 4.98 Å². The maximum Gasteiger partial charge on any atom is 0.329 e. The van der Waals surface area contributed by atoms with Crippen LogP contribution in [0.3, 0.4) is 0 Å². The number of aliphatic carboxylic acids is 1. The summed E-state index contributed by atoms with van der Waals surface area (Å²) >= 11 is 0. The van der Waals surface area contributed by atoms with Gasteiger partial charge in [-0.2, -0.15) is 0 Å². The number of aryl methyl sites for hydroxylation is 1. The molecule has 21 heavy (non-hydrogen) atoms. The Morgan fingerprint density at radius 2 is 2.24 bits per heavy atom.